The van der Waals surface area contributed by atoms with Gasteiger partial charge in [-0.1, -0.05) is 24.3 Å². The molecule has 0 fully saturated rings. The van der Waals surface area contributed by atoms with Crippen molar-refractivity contribution in [3.63, 3.8) is 0 Å². The first-order valence-corrected chi connectivity index (χ1v) is 9.41. The fraction of sp³-hybridized carbons (Fsp3) is 0.182. The van der Waals surface area contributed by atoms with Crippen LogP contribution in [0.2, 0.25) is 0 Å². The molecule has 1 aliphatic rings. The van der Waals surface area contributed by atoms with Crippen molar-refractivity contribution in [3.8, 4) is 0 Å². The van der Waals surface area contributed by atoms with Gasteiger partial charge >= 0.3 is 0 Å². The summed E-state index contributed by atoms with van der Waals surface area (Å²) in [4.78, 5) is 42.7. The molecule has 0 saturated heterocycles. The summed E-state index contributed by atoms with van der Waals surface area (Å²) in [5.41, 5.74) is 2.07. The largest absolute Gasteiger partial charge is 0.352 e. The molecule has 0 radical (unpaired) electrons. The Bertz CT molecular complexity index is 1020. The number of hydrogen-bond acceptors (Lipinski definition) is 4. The summed E-state index contributed by atoms with van der Waals surface area (Å²) in [7, 11) is 0. The predicted octanol–water partition coefficient (Wildman–Crippen LogP) is 2.50. The Labute approximate surface area is 168 Å². The van der Waals surface area contributed by atoms with Crippen molar-refractivity contribution < 1.29 is 14.4 Å². The quantitative estimate of drug-likeness (QED) is 0.498. The maximum atomic E-state index is 12.5. The van der Waals surface area contributed by atoms with Gasteiger partial charge in [0.25, 0.3) is 17.7 Å². The first kappa shape index (κ1) is 18.6. The van der Waals surface area contributed by atoms with Crippen LogP contribution in [0.15, 0.2) is 67.3 Å². The standard InChI is InChI=1S/C22H20N4O3/c27-20(24-9-4-11-25-12-10-23-15-25)17-6-3-5-16(13-17)14-26-21(28)18-7-1-2-8-19(18)22(26)29/h1-3,5-8,10,12-13,15H,4,9,11,14H2,(H,24,27). The van der Waals surface area contributed by atoms with Crippen LogP contribution in [0.3, 0.4) is 0 Å². The summed E-state index contributed by atoms with van der Waals surface area (Å²) in [6, 6.07) is 13.8. The van der Waals surface area contributed by atoms with Gasteiger partial charge in [0.05, 0.1) is 24.0 Å². The molecule has 29 heavy (non-hydrogen) atoms. The Kier molecular flexibility index (Phi) is 5.20. The van der Waals surface area contributed by atoms with Crippen LogP contribution in [-0.4, -0.2) is 38.7 Å². The number of imidazole rings is 1. The highest BCUT2D eigenvalue weighted by molar-refractivity contribution is 6.21. The van der Waals surface area contributed by atoms with Gasteiger partial charge in [-0.2, -0.15) is 0 Å². The number of benzene rings is 2. The van der Waals surface area contributed by atoms with E-state index in [1.807, 2.05) is 10.8 Å². The molecule has 146 valence electrons. The summed E-state index contributed by atoms with van der Waals surface area (Å²) in [6.07, 6.45) is 6.13. The highest BCUT2D eigenvalue weighted by Crippen LogP contribution is 2.24. The number of nitrogens with zero attached hydrogens (tertiary/aromatic N) is 3. The monoisotopic (exact) mass is 388 g/mol. The van der Waals surface area contributed by atoms with Gasteiger partial charge in [0.2, 0.25) is 0 Å². The van der Waals surface area contributed by atoms with Gasteiger partial charge < -0.3 is 9.88 Å². The molecule has 7 heteroatoms. The predicted molar refractivity (Wildman–Crippen MR) is 106 cm³/mol. The number of fused-ring (bicyclic) bond motifs is 1. The molecule has 1 N–H and O–H groups in total. The number of carbonyl (C=O) groups is 3. The average molecular weight is 388 g/mol. The maximum absolute atomic E-state index is 12.5. The Morgan fingerprint density at radius 1 is 1.00 bits per heavy atom. The van der Waals surface area contributed by atoms with Gasteiger partial charge in [-0.25, -0.2) is 4.98 Å². The van der Waals surface area contributed by atoms with E-state index in [1.165, 1.54) is 4.90 Å². The summed E-state index contributed by atoms with van der Waals surface area (Å²) >= 11 is 0. The number of aryl methyl sites for hydroxylation is 1. The van der Waals surface area contributed by atoms with Crippen LogP contribution >= 0.6 is 0 Å². The van der Waals surface area contributed by atoms with Gasteiger partial charge in [0, 0.05) is 31.0 Å². The lowest BCUT2D eigenvalue weighted by atomic mass is 10.1. The van der Waals surface area contributed by atoms with Crippen LogP contribution in [0.1, 0.15) is 43.1 Å². The van der Waals surface area contributed by atoms with Crippen LogP contribution in [0.4, 0.5) is 0 Å². The van der Waals surface area contributed by atoms with Crippen LogP contribution in [0.5, 0.6) is 0 Å². The second kappa shape index (κ2) is 8.10. The number of aromatic nitrogens is 2. The fourth-order valence-corrected chi connectivity index (χ4v) is 3.36. The van der Waals surface area contributed by atoms with Crippen LogP contribution in [-0.2, 0) is 13.1 Å². The number of imide groups is 1. The average Bonchev–Trinajstić information content (AvgIpc) is 3.35. The number of nitrogens with one attached hydrogen (secondary N) is 1. The number of hydrogen-bond donors (Lipinski definition) is 1. The van der Waals surface area contributed by atoms with Gasteiger partial charge in [-0.15, -0.1) is 0 Å². The van der Waals surface area contributed by atoms with Crippen molar-refractivity contribution in [3.05, 3.63) is 89.5 Å². The molecule has 7 nitrogen and oxygen atoms in total. The highest BCUT2D eigenvalue weighted by atomic mass is 16.2. The molecule has 2 heterocycles. The number of amides is 3. The normalized spacial score (nSPS) is 12.9. The Hall–Kier alpha value is -3.74. The molecule has 0 bridgehead atoms. The first-order valence-electron chi connectivity index (χ1n) is 9.41. The summed E-state index contributed by atoms with van der Waals surface area (Å²) in [5.74, 6) is -0.792. The molecule has 0 aliphatic carbocycles. The van der Waals surface area contributed by atoms with E-state index in [0.29, 0.717) is 23.2 Å². The van der Waals surface area contributed by atoms with Gasteiger partial charge in [-0.05, 0) is 36.2 Å². The lowest BCUT2D eigenvalue weighted by Gasteiger charge is -2.14. The van der Waals surface area contributed by atoms with E-state index in [0.717, 1.165) is 18.5 Å². The smallest absolute Gasteiger partial charge is 0.261 e. The molecule has 0 unspecified atom stereocenters. The molecule has 4 rings (SSSR count). The van der Waals surface area contributed by atoms with E-state index in [9.17, 15) is 14.4 Å². The van der Waals surface area contributed by atoms with E-state index in [2.05, 4.69) is 10.3 Å². The minimum Gasteiger partial charge on any atom is -0.352 e. The number of rotatable bonds is 7. The zero-order chi connectivity index (χ0) is 20.2. The van der Waals surface area contributed by atoms with E-state index in [1.54, 1.807) is 61.1 Å². The summed E-state index contributed by atoms with van der Waals surface area (Å²) < 4.78 is 1.95. The third kappa shape index (κ3) is 3.94. The van der Waals surface area contributed by atoms with Crippen molar-refractivity contribution in [1.82, 2.24) is 19.8 Å². The topological polar surface area (TPSA) is 84.3 Å². The molecule has 0 spiro atoms. The maximum Gasteiger partial charge on any atom is 0.261 e. The van der Waals surface area contributed by atoms with Crippen LogP contribution in [0.25, 0.3) is 0 Å². The molecular formula is C22H20N4O3. The SMILES string of the molecule is O=C(NCCCn1ccnc1)c1cccc(CN2C(=O)c3ccccc3C2=O)c1. The van der Waals surface area contributed by atoms with Crippen LogP contribution < -0.4 is 5.32 Å². The molecular weight excluding hydrogens is 368 g/mol. The molecule has 2 aromatic carbocycles. The third-order valence-electron chi connectivity index (χ3n) is 4.85. The molecule has 1 aliphatic heterocycles. The Morgan fingerprint density at radius 2 is 1.76 bits per heavy atom. The second-order valence-electron chi connectivity index (χ2n) is 6.85. The Morgan fingerprint density at radius 3 is 2.45 bits per heavy atom. The number of carbonyl (C=O) groups excluding carboxylic acids is 3. The summed E-state index contributed by atoms with van der Waals surface area (Å²) in [6.45, 7) is 1.45. The lowest BCUT2D eigenvalue weighted by molar-refractivity contribution is 0.0642. The van der Waals surface area contributed by atoms with Crippen molar-refractivity contribution in [2.24, 2.45) is 0 Å². The lowest BCUT2D eigenvalue weighted by Crippen LogP contribution is -2.29. The van der Waals surface area contributed by atoms with Crippen molar-refractivity contribution >= 4 is 17.7 Å². The third-order valence-corrected chi connectivity index (χ3v) is 4.85. The van der Waals surface area contributed by atoms with Crippen molar-refractivity contribution in [1.29, 1.82) is 0 Å². The molecule has 3 aromatic rings. The second-order valence-corrected chi connectivity index (χ2v) is 6.85. The zero-order valence-corrected chi connectivity index (χ0v) is 15.7. The van der Waals surface area contributed by atoms with Gasteiger partial charge in [0.1, 0.15) is 0 Å². The van der Waals surface area contributed by atoms with Gasteiger partial charge in [0.15, 0.2) is 0 Å². The van der Waals surface area contributed by atoms with Crippen molar-refractivity contribution in [2.75, 3.05) is 6.54 Å². The van der Waals surface area contributed by atoms with Crippen molar-refractivity contribution in [2.45, 2.75) is 19.5 Å². The van der Waals surface area contributed by atoms with E-state index in [-0.39, 0.29) is 24.3 Å². The fourth-order valence-electron chi connectivity index (χ4n) is 3.36. The zero-order valence-electron chi connectivity index (χ0n) is 15.7. The van der Waals surface area contributed by atoms with E-state index >= 15 is 0 Å². The van der Waals surface area contributed by atoms with Gasteiger partial charge in [-0.3, -0.25) is 19.3 Å². The molecule has 3 amide bonds. The van der Waals surface area contributed by atoms with E-state index < -0.39 is 0 Å². The van der Waals surface area contributed by atoms with E-state index in [4.69, 9.17) is 0 Å². The molecule has 0 saturated carbocycles. The summed E-state index contributed by atoms with van der Waals surface area (Å²) in [5, 5.41) is 2.89. The highest BCUT2D eigenvalue weighted by Gasteiger charge is 2.34. The minimum atomic E-state index is -0.306. The Balaban J connectivity index is 1.37. The van der Waals surface area contributed by atoms with Crippen LogP contribution in [0, 0.1) is 0 Å². The minimum absolute atomic E-state index is 0.133. The molecule has 1 aromatic heterocycles. The molecule has 0 atom stereocenters. The first-order chi connectivity index (χ1) is 14.1.